The summed E-state index contributed by atoms with van der Waals surface area (Å²) in [6.07, 6.45) is 3.46. The van der Waals surface area contributed by atoms with Crippen molar-refractivity contribution in [3.8, 4) is 11.1 Å². The number of nitrogens with zero attached hydrogens (tertiary/aromatic N) is 3. The highest BCUT2D eigenvalue weighted by molar-refractivity contribution is 7.89. The van der Waals surface area contributed by atoms with Crippen molar-refractivity contribution in [3.63, 3.8) is 0 Å². The summed E-state index contributed by atoms with van der Waals surface area (Å²) in [7, 11) is -1.68. The van der Waals surface area contributed by atoms with Gasteiger partial charge in [-0.05, 0) is 73.9 Å². The minimum absolute atomic E-state index is 0.158. The zero-order valence-electron chi connectivity index (χ0n) is 23.4. The van der Waals surface area contributed by atoms with Gasteiger partial charge < -0.3 is 4.74 Å². The van der Waals surface area contributed by atoms with Gasteiger partial charge in [-0.2, -0.15) is 4.31 Å². The Morgan fingerprint density at radius 1 is 1.05 bits per heavy atom. The van der Waals surface area contributed by atoms with Crippen LogP contribution in [0.3, 0.4) is 0 Å². The molecule has 3 heterocycles. The molecule has 3 fully saturated rings. The molecule has 0 aromatic heterocycles. The number of hydrazine groups is 1. The molecule has 0 spiro atoms. The molecule has 0 bridgehead atoms. The molecule has 0 saturated carbocycles. The molecule has 4 atom stereocenters. The van der Waals surface area contributed by atoms with E-state index in [9.17, 15) is 8.42 Å². The highest BCUT2D eigenvalue weighted by Gasteiger charge is 2.51. The molecular weight excluding hydrogens is 496 g/mol. The van der Waals surface area contributed by atoms with E-state index < -0.39 is 15.4 Å². The molecule has 2 aromatic rings. The zero-order valence-corrected chi connectivity index (χ0v) is 24.2. The smallest absolute Gasteiger partial charge is 0.231 e. The number of fused-ring (bicyclic) bond motifs is 1. The first kappa shape index (κ1) is 27.7. The van der Waals surface area contributed by atoms with Gasteiger partial charge in [0.25, 0.3) is 0 Å². The third kappa shape index (κ3) is 5.19. The number of hydrogen-bond donors (Lipinski definition) is 1. The number of hydrogen-bond acceptors (Lipinski definition) is 6. The lowest BCUT2D eigenvalue weighted by Gasteiger charge is -2.57. The molecule has 208 valence electrons. The van der Waals surface area contributed by atoms with Gasteiger partial charge in [0.05, 0.1) is 6.61 Å². The number of nitrogens with one attached hydrogen (secondary N) is 1. The van der Waals surface area contributed by atoms with E-state index in [4.69, 9.17) is 4.74 Å². The van der Waals surface area contributed by atoms with Gasteiger partial charge in [0, 0.05) is 51.3 Å². The SMILES string of the molecule is CCCN1NCCC1S(=O)(=O)N1CCCCN2C(COC)C(c3ccc(-c4cccc(C)c4C)cc3)C2C1. The predicted octanol–water partition coefficient (Wildman–Crippen LogP) is 4.13. The Morgan fingerprint density at radius 2 is 1.82 bits per heavy atom. The highest BCUT2D eigenvalue weighted by Crippen LogP contribution is 2.43. The van der Waals surface area contributed by atoms with Crippen molar-refractivity contribution >= 4 is 10.0 Å². The lowest BCUT2D eigenvalue weighted by Crippen LogP contribution is -2.68. The van der Waals surface area contributed by atoms with Crippen molar-refractivity contribution < 1.29 is 13.2 Å². The number of sulfonamides is 1. The van der Waals surface area contributed by atoms with Gasteiger partial charge in [-0.25, -0.2) is 13.4 Å². The van der Waals surface area contributed by atoms with Crippen LogP contribution in [0.2, 0.25) is 0 Å². The number of ether oxygens (including phenoxy) is 1. The minimum Gasteiger partial charge on any atom is -0.383 e. The largest absolute Gasteiger partial charge is 0.383 e. The fourth-order valence-corrected chi connectivity index (χ4v) is 8.78. The molecular formula is C30H44N4O3S. The van der Waals surface area contributed by atoms with Crippen molar-refractivity contribution in [1.29, 1.82) is 0 Å². The standard InChI is InChI=1S/C30H44N4O3S/c1-5-17-34-29(15-16-31-34)38(35,36)32-18-6-7-19-33-27(20-32)30(28(33)21-37-4)25-13-11-24(12-14-25)26-10-8-9-22(2)23(26)3/h8-14,27-31H,5-7,15-21H2,1-4H3. The van der Waals surface area contributed by atoms with Gasteiger partial charge in [0.15, 0.2) is 0 Å². The van der Waals surface area contributed by atoms with Crippen LogP contribution in [0.4, 0.5) is 0 Å². The van der Waals surface area contributed by atoms with Crippen molar-refractivity contribution in [2.75, 3.05) is 46.4 Å². The second-order valence-corrected chi connectivity index (χ2v) is 13.3. The summed E-state index contributed by atoms with van der Waals surface area (Å²) in [6, 6.07) is 15.9. The molecule has 1 N–H and O–H groups in total. The van der Waals surface area contributed by atoms with Gasteiger partial charge in [-0.3, -0.25) is 10.3 Å². The lowest BCUT2D eigenvalue weighted by atomic mass is 9.74. The molecule has 8 heteroatoms. The fourth-order valence-electron chi connectivity index (χ4n) is 6.78. The average molecular weight is 541 g/mol. The summed E-state index contributed by atoms with van der Waals surface area (Å²) in [5.41, 5.74) is 9.68. The Kier molecular flexibility index (Phi) is 8.57. The molecule has 7 nitrogen and oxygen atoms in total. The van der Waals surface area contributed by atoms with Gasteiger partial charge in [0.2, 0.25) is 10.0 Å². The third-order valence-corrected chi connectivity index (χ3v) is 11.1. The normalized spacial score (nSPS) is 27.5. The summed E-state index contributed by atoms with van der Waals surface area (Å²) in [4.78, 5) is 2.51. The highest BCUT2D eigenvalue weighted by atomic mass is 32.2. The van der Waals surface area contributed by atoms with E-state index in [1.54, 1.807) is 7.11 Å². The van der Waals surface area contributed by atoms with Crippen LogP contribution < -0.4 is 5.43 Å². The van der Waals surface area contributed by atoms with Crippen molar-refractivity contribution in [2.45, 2.75) is 69.8 Å². The second-order valence-electron chi connectivity index (χ2n) is 11.2. The third-order valence-electron chi connectivity index (χ3n) is 8.92. The Balaban J connectivity index is 1.41. The molecule has 2 aromatic carbocycles. The van der Waals surface area contributed by atoms with Crippen molar-refractivity contribution in [1.82, 2.24) is 19.6 Å². The maximum absolute atomic E-state index is 13.9. The Morgan fingerprint density at radius 3 is 2.55 bits per heavy atom. The van der Waals surface area contributed by atoms with E-state index in [2.05, 4.69) is 73.6 Å². The van der Waals surface area contributed by atoms with Gasteiger partial charge in [-0.1, -0.05) is 49.4 Å². The number of rotatable bonds is 8. The van der Waals surface area contributed by atoms with Crippen molar-refractivity contribution in [2.24, 2.45) is 0 Å². The zero-order chi connectivity index (χ0) is 26.9. The topological polar surface area (TPSA) is 65.1 Å². The Hall–Kier alpha value is -1.81. The Labute approximate surface area is 229 Å². The average Bonchev–Trinajstić information content (AvgIpc) is 3.36. The fraction of sp³-hybridized carbons (Fsp3) is 0.600. The molecule has 0 radical (unpaired) electrons. The van der Waals surface area contributed by atoms with Crippen LogP contribution in [0, 0.1) is 13.8 Å². The summed E-state index contributed by atoms with van der Waals surface area (Å²) >= 11 is 0. The molecule has 0 aliphatic carbocycles. The van der Waals surface area contributed by atoms with E-state index >= 15 is 0 Å². The number of aryl methyl sites for hydroxylation is 1. The summed E-state index contributed by atoms with van der Waals surface area (Å²) in [5, 5.41) is 1.48. The summed E-state index contributed by atoms with van der Waals surface area (Å²) in [5.74, 6) is 0.242. The first-order valence-electron chi connectivity index (χ1n) is 14.3. The molecule has 3 aliphatic heterocycles. The molecule has 3 aliphatic rings. The van der Waals surface area contributed by atoms with E-state index in [1.165, 1.54) is 27.8 Å². The maximum Gasteiger partial charge on any atom is 0.231 e. The monoisotopic (exact) mass is 540 g/mol. The quantitative estimate of drug-likeness (QED) is 0.543. The summed E-state index contributed by atoms with van der Waals surface area (Å²) in [6.45, 7) is 10.7. The van der Waals surface area contributed by atoms with Crippen LogP contribution in [0.25, 0.3) is 11.1 Å². The van der Waals surface area contributed by atoms with E-state index in [-0.39, 0.29) is 18.0 Å². The second kappa shape index (κ2) is 11.7. The van der Waals surface area contributed by atoms with Gasteiger partial charge >= 0.3 is 0 Å². The van der Waals surface area contributed by atoms with Crippen LogP contribution in [-0.2, 0) is 14.8 Å². The van der Waals surface area contributed by atoms with Crippen LogP contribution in [0.5, 0.6) is 0 Å². The van der Waals surface area contributed by atoms with Gasteiger partial charge in [0.1, 0.15) is 5.37 Å². The first-order chi connectivity index (χ1) is 18.4. The van der Waals surface area contributed by atoms with E-state index in [0.29, 0.717) is 26.1 Å². The van der Waals surface area contributed by atoms with Crippen LogP contribution in [0.15, 0.2) is 42.5 Å². The van der Waals surface area contributed by atoms with Gasteiger partial charge in [-0.15, -0.1) is 0 Å². The van der Waals surface area contributed by atoms with E-state index in [0.717, 1.165) is 38.9 Å². The number of methoxy groups -OCH3 is 1. The number of benzene rings is 2. The molecule has 3 saturated heterocycles. The molecule has 0 amide bonds. The van der Waals surface area contributed by atoms with E-state index in [1.807, 2.05) is 9.31 Å². The first-order valence-corrected chi connectivity index (χ1v) is 15.8. The van der Waals surface area contributed by atoms with Crippen molar-refractivity contribution in [3.05, 3.63) is 59.2 Å². The van der Waals surface area contributed by atoms with Crippen LogP contribution in [0.1, 0.15) is 55.2 Å². The molecule has 38 heavy (non-hydrogen) atoms. The van der Waals surface area contributed by atoms with Crippen LogP contribution in [-0.4, -0.2) is 86.5 Å². The predicted molar refractivity (Wildman–Crippen MR) is 153 cm³/mol. The maximum atomic E-state index is 13.9. The van der Waals surface area contributed by atoms with Crippen LogP contribution >= 0.6 is 0 Å². The molecule has 4 unspecified atom stereocenters. The Bertz CT molecular complexity index is 1200. The molecule has 5 rings (SSSR count). The summed E-state index contributed by atoms with van der Waals surface area (Å²) < 4.78 is 35.3. The lowest BCUT2D eigenvalue weighted by molar-refractivity contribution is -0.0637. The minimum atomic E-state index is -3.44.